The summed E-state index contributed by atoms with van der Waals surface area (Å²) < 4.78 is 1.25. The van der Waals surface area contributed by atoms with E-state index in [1.165, 1.54) is 6.07 Å². The number of halogens is 3. The lowest BCUT2D eigenvalue weighted by Crippen LogP contribution is -1.95. The Morgan fingerprint density at radius 2 is 2.08 bits per heavy atom. The lowest BCUT2D eigenvalue weighted by molar-refractivity contribution is 0.108. The molecule has 5 heteroatoms. The summed E-state index contributed by atoms with van der Waals surface area (Å²) in [6.45, 7) is 0. The monoisotopic (exact) mass is 321 g/mol. The number of benzene rings is 1. The van der Waals surface area contributed by atoms with Crippen LogP contribution in [0, 0.1) is 11.3 Å². The Morgan fingerprint density at radius 3 is 2.54 bits per heavy atom. The van der Waals surface area contributed by atoms with Gasteiger partial charge in [0.25, 0.3) is 5.24 Å². The summed E-state index contributed by atoms with van der Waals surface area (Å²) in [4.78, 5) is 10.9. The first-order chi connectivity index (χ1) is 6.06. The highest BCUT2D eigenvalue weighted by molar-refractivity contribution is 9.11. The van der Waals surface area contributed by atoms with Crippen LogP contribution < -0.4 is 0 Å². The van der Waals surface area contributed by atoms with Gasteiger partial charge < -0.3 is 0 Å². The number of rotatable bonds is 1. The van der Waals surface area contributed by atoms with E-state index in [-0.39, 0.29) is 11.1 Å². The molecule has 0 aliphatic heterocycles. The number of carbonyl (C=O) groups excluding carboxylic acids is 1. The molecule has 66 valence electrons. The molecule has 2 nitrogen and oxygen atoms in total. The quantitative estimate of drug-likeness (QED) is 0.743. The van der Waals surface area contributed by atoms with Gasteiger partial charge in [0.15, 0.2) is 0 Å². The van der Waals surface area contributed by atoms with Crippen LogP contribution >= 0.6 is 43.5 Å². The fourth-order valence-corrected chi connectivity index (χ4v) is 2.31. The van der Waals surface area contributed by atoms with Crippen LogP contribution in [0.15, 0.2) is 21.1 Å². The third kappa shape index (κ3) is 2.31. The van der Waals surface area contributed by atoms with Crippen molar-refractivity contribution in [3.05, 3.63) is 32.2 Å². The van der Waals surface area contributed by atoms with Gasteiger partial charge in [0.05, 0.1) is 11.1 Å². The van der Waals surface area contributed by atoms with Crippen molar-refractivity contribution < 1.29 is 4.79 Å². The van der Waals surface area contributed by atoms with Crippen LogP contribution in [0.1, 0.15) is 15.9 Å². The smallest absolute Gasteiger partial charge is 0.253 e. The van der Waals surface area contributed by atoms with Gasteiger partial charge >= 0.3 is 0 Å². The van der Waals surface area contributed by atoms with Crippen molar-refractivity contribution in [3.63, 3.8) is 0 Å². The normalized spacial score (nSPS) is 9.38. The number of nitriles is 1. The summed E-state index contributed by atoms with van der Waals surface area (Å²) in [5.41, 5.74) is 0.452. The molecule has 1 rings (SSSR count). The Hall–Kier alpha value is -0.370. The van der Waals surface area contributed by atoms with E-state index in [9.17, 15) is 4.79 Å². The molecule has 0 aliphatic rings. The number of hydrogen-bond donors (Lipinski definition) is 0. The molecule has 0 radical (unpaired) electrons. The van der Waals surface area contributed by atoms with Gasteiger partial charge in [0.1, 0.15) is 6.07 Å². The van der Waals surface area contributed by atoms with Gasteiger partial charge in [0, 0.05) is 8.95 Å². The molecule has 0 saturated carbocycles. The maximum atomic E-state index is 10.9. The summed E-state index contributed by atoms with van der Waals surface area (Å²) in [5, 5.41) is 8.09. The van der Waals surface area contributed by atoms with E-state index in [2.05, 4.69) is 31.9 Å². The highest BCUT2D eigenvalue weighted by Gasteiger charge is 2.12. The molecular weight excluding hydrogens is 321 g/mol. The second-order valence-corrected chi connectivity index (χ2v) is 4.31. The van der Waals surface area contributed by atoms with E-state index >= 15 is 0 Å². The van der Waals surface area contributed by atoms with Gasteiger partial charge in [-0.25, -0.2) is 0 Å². The zero-order valence-corrected chi connectivity index (χ0v) is 10.1. The predicted octanol–water partition coefficient (Wildman–Crippen LogP) is 3.46. The topological polar surface area (TPSA) is 40.9 Å². The van der Waals surface area contributed by atoms with Crippen LogP contribution in [-0.4, -0.2) is 5.24 Å². The van der Waals surface area contributed by atoms with Crippen LogP contribution in [0.5, 0.6) is 0 Å². The lowest BCUT2D eigenvalue weighted by atomic mass is 10.1. The molecule has 0 N–H and O–H groups in total. The van der Waals surface area contributed by atoms with Crippen molar-refractivity contribution in [1.29, 1.82) is 5.26 Å². The van der Waals surface area contributed by atoms with Gasteiger partial charge in [-0.2, -0.15) is 5.26 Å². The van der Waals surface area contributed by atoms with Gasteiger partial charge in [-0.15, -0.1) is 0 Å². The average Bonchev–Trinajstić information content (AvgIpc) is 2.02. The Bertz CT molecular complexity index is 411. The minimum absolute atomic E-state index is 0.199. The molecule has 0 aliphatic carbocycles. The molecule has 0 spiro atoms. The lowest BCUT2D eigenvalue weighted by Gasteiger charge is -2.01. The summed E-state index contributed by atoms with van der Waals surface area (Å²) in [7, 11) is 0. The summed E-state index contributed by atoms with van der Waals surface area (Å²) >= 11 is 11.7. The third-order valence-electron chi connectivity index (χ3n) is 1.38. The van der Waals surface area contributed by atoms with Gasteiger partial charge in [-0.05, 0) is 39.7 Å². The van der Waals surface area contributed by atoms with Crippen molar-refractivity contribution in [2.45, 2.75) is 0 Å². The maximum absolute atomic E-state index is 10.9. The Balaban J connectivity index is 3.50. The predicted molar refractivity (Wildman–Crippen MR) is 56.7 cm³/mol. The molecule has 0 aromatic heterocycles. The van der Waals surface area contributed by atoms with Crippen molar-refractivity contribution in [1.82, 2.24) is 0 Å². The van der Waals surface area contributed by atoms with Crippen molar-refractivity contribution >= 4 is 48.7 Å². The fourth-order valence-electron chi connectivity index (χ4n) is 0.842. The second kappa shape index (κ2) is 4.23. The minimum Gasteiger partial charge on any atom is -0.276 e. The number of carbonyl (C=O) groups is 1. The maximum Gasteiger partial charge on any atom is 0.253 e. The van der Waals surface area contributed by atoms with Crippen LogP contribution in [0.3, 0.4) is 0 Å². The molecule has 0 unspecified atom stereocenters. The SMILES string of the molecule is N#Cc1c(Br)cc(Br)cc1C(=O)Cl. The van der Waals surface area contributed by atoms with E-state index in [1.807, 2.05) is 6.07 Å². The van der Waals surface area contributed by atoms with E-state index < -0.39 is 5.24 Å². The fraction of sp³-hybridized carbons (Fsp3) is 0. The van der Waals surface area contributed by atoms with E-state index in [1.54, 1.807) is 6.07 Å². The van der Waals surface area contributed by atoms with E-state index in [0.29, 0.717) is 8.95 Å². The van der Waals surface area contributed by atoms with Gasteiger partial charge in [-0.3, -0.25) is 4.79 Å². The molecule has 0 bridgehead atoms. The summed E-state index contributed by atoms with van der Waals surface area (Å²) in [6.07, 6.45) is 0. The molecule has 0 heterocycles. The molecule has 0 atom stereocenters. The van der Waals surface area contributed by atoms with Crippen LogP contribution in [0.2, 0.25) is 0 Å². The van der Waals surface area contributed by atoms with Crippen LogP contribution in [-0.2, 0) is 0 Å². The van der Waals surface area contributed by atoms with Crippen LogP contribution in [0.25, 0.3) is 0 Å². The molecule has 0 saturated heterocycles. The largest absolute Gasteiger partial charge is 0.276 e. The van der Waals surface area contributed by atoms with E-state index in [0.717, 1.165) is 0 Å². The third-order valence-corrected chi connectivity index (χ3v) is 2.67. The number of nitrogens with zero attached hydrogens (tertiary/aromatic N) is 1. The standard InChI is InChI=1S/C8H2Br2ClNO/c9-4-1-5(8(11)13)6(3-12)7(10)2-4/h1-2H. The summed E-state index contributed by atoms with van der Waals surface area (Å²) in [6, 6.07) is 5.09. The first-order valence-electron chi connectivity index (χ1n) is 3.15. The zero-order chi connectivity index (χ0) is 10.0. The average molecular weight is 323 g/mol. The Morgan fingerprint density at radius 1 is 1.46 bits per heavy atom. The molecular formula is C8H2Br2ClNO. The first-order valence-corrected chi connectivity index (χ1v) is 5.11. The molecule has 1 aromatic rings. The Kier molecular flexibility index (Phi) is 3.48. The van der Waals surface area contributed by atoms with Crippen LogP contribution in [0.4, 0.5) is 0 Å². The van der Waals surface area contributed by atoms with E-state index in [4.69, 9.17) is 16.9 Å². The van der Waals surface area contributed by atoms with Gasteiger partial charge in [-0.1, -0.05) is 15.9 Å². The summed E-state index contributed by atoms with van der Waals surface area (Å²) in [5.74, 6) is 0. The molecule has 13 heavy (non-hydrogen) atoms. The Labute approximate surface area is 96.8 Å². The minimum atomic E-state index is -0.640. The molecule has 1 aromatic carbocycles. The highest BCUT2D eigenvalue weighted by atomic mass is 79.9. The van der Waals surface area contributed by atoms with Gasteiger partial charge in [0.2, 0.25) is 0 Å². The molecule has 0 fully saturated rings. The van der Waals surface area contributed by atoms with Crippen molar-refractivity contribution in [2.75, 3.05) is 0 Å². The second-order valence-electron chi connectivity index (χ2n) is 2.20. The van der Waals surface area contributed by atoms with Crippen molar-refractivity contribution in [3.8, 4) is 6.07 Å². The highest BCUT2D eigenvalue weighted by Crippen LogP contribution is 2.26. The number of hydrogen-bond acceptors (Lipinski definition) is 2. The zero-order valence-electron chi connectivity index (χ0n) is 6.14. The molecule has 0 amide bonds. The first kappa shape index (κ1) is 10.7. The van der Waals surface area contributed by atoms with Crippen molar-refractivity contribution in [2.24, 2.45) is 0 Å².